The van der Waals surface area contributed by atoms with Gasteiger partial charge in [-0.3, -0.25) is 43.8 Å². The van der Waals surface area contributed by atoms with Gasteiger partial charge in [-0.05, 0) is 79.6 Å². The summed E-state index contributed by atoms with van der Waals surface area (Å²) < 4.78 is 67.2. The standard InChI is InChI=1S/C41H33F4N7O9S/c42-21-7-9-22(10-8-21)49-37(57)35-34(46)33-25(41(43,44)45)17-26(50-38(33)62-35)20-5-11-23(12-6-20)60-18-30(54)47-15-2-16-48-31(55)19-61-28-4-1-3-24-32(28)40(59)52(39(24)58)27-13-14-29(53)51-36(27)56/h1,3-12,17,27H,2,13-16,18-19,46H2,(H,47,54)(H,48,55)(H,49,57)(H,51,53,56). The Morgan fingerprint density at radius 3 is 2.24 bits per heavy atom. The Morgan fingerprint density at radius 2 is 1.58 bits per heavy atom. The van der Waals surface area contributed by atoms with Crippen molar-refractivity contribution in [1.82, 2.24) is 25.8 Å². The van der Waals surface area contributed by atoms with Crippen LogP contribution in [0, 0.1) is 5.82 Å². The van der Waals surface area contributed by atoms with Crippen LogP contribution in [-0.2, 0) is 25.4 Å². The number of aromatic nitrogens is 1. The lowest BCUT2D eigenvalue weighted by molar-refractivity contribution is -0.137. The van der Waals surface area contributed by atoms with Crippen LogP contribution in [0.4, 0.5) is 28.9 Å². The molecular weight excluding hydrogens is 843 g/mol. The lowest BCUT2D eigenvalue weighted by atomic mass is 10.0. The highest BCUT2D eigenvalue weighted by molar-refractivity contribution is 7.21. The SMILES string of the molecule is Nc1c(C(=O)Nc2ccc(F)cc2)sc2nc(-c3ccc(OCC(=O)NCCCNC(=O)COc4cccc5c4C(=O)N(C4CCC(=O)NC4=O)C5=O)cc3)cc(C(F)(F)F)c12. The fraction of sp³-hybridized carbons (Fsp3) is 0.220. The number of nitrogens with two attached hydrogens (primary N) is 1. The number of halogens is 4. The fourth-order valence-corrected chi connectivity index (χ4v) is 7.66. The van der Waals surface area contributed by atoms with E-state index in [4.69, 9.17) is 15.2 Å². The lowest BCUT2D eigenvalue weighted by Gasteiger charge is -2.27. The Balaban J connectivity index is 0.866. The summed E-state index contributed by atoms with van der Waals surface area (Å²) in [6.07, 6.45) is -4.59. The van der Waals surface area contributed by atoms with E-state index in [9.17, 15) is 51.1 Å². The number of carbonyl (C=O) groups excluding carboxylic acids is 7. The number of alkyl halides is 3. The van der Waals surface area contributed by atoms with Gasteiger partial charge in [0, 0.05) is 36.1 Å². The van der Waals surface area contributed by atoms with Crippen molar-refractivity contribution in [1.29, 1.82) is 0 Å². The van der Waals surface area contributed by atoms with Crippen molar-refractivity contribution in [3.05, 3.63) is 100 Å². The highest BCUT2D eigenvalue weighted by Gasteiger charge is 2.46. The number of nitrogens with one attached hydrogen (secondary N) is 4. The van der Waals surface area contributed by atoms with E-state index in [2.05, 4.69) is 26.3 Å². The van der Waals surface area contributed by atoms with Gasteiger partial charge in [0.25, 0.3) is 29.5 Å². The highest BCUT2D eigenvalue weighted by atomic mass is 32.1. The van der Waals surface area contributed by atoms with Gasteiger partial charge in [-0.1, -0.05) is 6.07 Å². The molecule has 1 fully saturated rings. The zero-order valence-electron chi connectivity index (χ0n) is 32.0. The number of nitrogen functional groups attached to an aromatic ring is 1. The predicted molar refractivity (Wildman–Crippen MR) is 214 cm³/mol. The van der Waals surface area contributed by atoms with Crippen molar-refractivity contribution in [2.75, 3.05) is 37.4 Å². The summed E-state index contributed by atoms with van der Waals surface area (Å²) in [6, 6.07) is 14.5. The van der Waals surface area contributed by atoms with E-state index in [1.54, 1.807) is 0 Å². The molecule has 4 heterocycles. The van der Waals surface area contributed by atoms with Crippen LogP contribution in [0.25, 0.3) is 21.5 Å². The molecule has 7 amide bonds. The van der Waals surface area contributed by atoms with Crippen LogP contribution < -0.4 is 36.5 Å². The summed E-state index contributed by atoms with van der Waals surface area (Å²) >= 11 is 0.673. The average Bonchev–Trinajstić information content (AvgIpc) is 3.71. The first-order chi connectivity index (χ1) is 29.6. The number of benzene rings is 3. The molecule has 5 aromatic rings. The van der Waals surface area contributed by atoms with E-state index < -0.39 is 89.2 Å². The van der Waals surface area contributed by atoms with E-state index in [0.29, 0.717) is 17.8 Å². The number of imide groups is 2. The Kier molecular flexibility index (Phi) is 12.2. The molecule has 0 radical (unpaired) electrons. The molecule has 1 unspecified atom stereocenters. The number of pyridine rings is 1. The minimum Gasteiger partial charge on any atom is -0.484 e. The number of fused-ring (bicyclic) bond motifs is 2. The van der Waals surface area contributed by atoms with E-state index in [0.717, 1.165) is 23.1 Å². The first-order valence-corrected chi connectivity index (χ1v) is 19.5. The molecule has 6 N–H and O–H groups in total. The summed E-state index contributed by atoms with van der Waals surface area (Å²) in [5, 5.41) is 9.42. The number of nitrogens with zero attached hydrogens (tertiary/aromatic N) is 2. The maximum atomic E-state index is 14.3. The zero-order valence-corrected chi connectivity index (χ0v) is 32.8. The highest BCUT2D eigenvalue weighted by Crippen LogP contribution is 2.44. The van der Waals surface area contributed by atoms with Gasteiger partial charge < -0.3 is 31.2 Å². The predicted octanol–water partition coefficient (Wildman–Crippen LogP) is 4.44. The number of hydrogen-bond acceptors (Lipinski definition) is 12. The van der Waals surface area contributed by atoms with Gasteiger partial charge in [0.1, 0.15) is 33.1 Å². The monoisotopic (exact) mass is 875 g/mol. The number of amides is 7. The molecule has 2 aliphatic heterocycles. The topological polar surface area (TPSA) is 228 Å². The van der Waals surface area contributed by atoms with Crippen molar-refractivity contribution in [2.45, 2.75) is 31.5 Å². The second kappa shape index (κ2) is 17.7. The van der Waals surface area contributed by atoms with Crippen LogP contribution in [0.3, 0.4) is 0 Å². The number of rotatable bonds is 14. The molecule has 7 rings (SSSR count). The molecule has 2 aromatic heterocycles. The smallest absolute Gasteiger partial charge is 0.417 e. The lowest BCUT2D eigenvalue weighted by Crippen LogP contribution is -2.54. The minimum atomic E-state index is -4.85. The van der Waals surface area contributed by atoms with Crippen molar-refractivity contribution in [3.8, 4) is 22.8 Å². The largest absolute Gasteiger partial charge is 0.484 e. The Bertz CT molecular complexity index is 2640. The Labute approximate surface area is 351 Å². The van der Waals surface area contributed by atoms with Crippen LogP contribution in [-0.4, -0.2) is 83.6 Å². The van der Waals surface area contributed by atoms with Crippen LogP contribution >= 0.6 is 11.3 Å². The van der Waals surface area contributed by atoms with Gasteiger partial charge in [0.05, 0.1) is 28.1 Å². The summed E-state index contributed by atoms with van der Waals surface area (Å²) in [5.41, 5.74) is 4.89. The summed E-state index contributed by atoms with van der Waals surface area (Å²) in [4.78, 5) is 92.7. The first kappa shape index (κ1) is 42.7. The number of ether oxygens (including phenoxy) is 2. The molecule has 21 heteroatoms. The zero-order chi connectivity index (χ0) is 44.3. The molecule has 2 aliphatic rings. The molecule has 320 valence electrons. The van der Waals surface area contributed by atoms with Gasteiger partial charge >= 0.3 is 6.18 Å². The van der Waals surface area contributed by atoms with Crippen molar-refractivity contribution < 1.29 is 60.6 Å². The number of thiophene rings is 1. The van der Waals surface area contributed by atoms with Crippen molar-refractivity contribution in [2.24, 2.45) is 0 Å². The summed E-state index contributed by atoms with van der Waals surface area (Å²) in [7, 11) is 0. The number of piperidine rings is 1. The molecule has 1 saturated heterocycles. The van der Waals surface area contributed by atoms with Crippen LogP contribution in [0.5, 0.6) is 11.5 Å². The van der Waals surface area contributed by atoms with Gasteiger partial charge in [-0.25, -0.2) is 9.37 Å². The molecule has 0 spiro atoms. The quantitative estimate of drug-likeness (QED) is 0.0596. The number of hydrogen-bond donors (Lipinski definition) is 5. The molecule has 0 aliphatic carbocycles. The Morgan fingerprint density at radius 1 is 0.903 bits per heavy atom. The van der Waals surface area contributed by atoms with Gasteiger partial charge in [-0.2, -0.15) is 13.2 Å². The van der Waals surface area contributed by atoms with Gasteiger partial charge in [0.2, 0.25) is 11.8 Å². The van der Waals surface area contributed by atoms with E-state index >= 15 is 0 Å². The second-order valence-corrected chi connectivity index (χ2v) is 14.8. The maximum absolute atomic E-state index is 14.3. The van der Waals surface area contributed by atoms with E-state index in [1.807, 2.05) is 0 Å². The van der Waals surface area contributed by atoms with Gasteiger partial charge in [0.15, 0.2) is 13.2 Å². The van der Waals surface area contributed by atoms with Crippen molar-refractivity contribution >= 4 is 74.3 Å². The van der Waals surface area contributed by atoms with E-state index in [1.165, 1.54) is 54.6 Å². The number of anilines is 2. The second-order valence-electron chi connectivity index (χ2n) is 13.8. The normalized spacial score (nSPS) is 15.0. The molecule has 3 aromatic carbocycles. The fourth-order valence-electron chi connectivity index (χ4n) is 6.65. The van der Waals surface area contributed by atoms with E-state index in [-0.39, 0.29) is 75.2 Å². The van der Waals surface area contributed by atoms with Crippen LogP contribution in [0.2, 0.25) is 0 Å². The summed E-state index contributed by atoms with van der Waals surface area (Å²) in [6.45, 7) is -0.620. The maximum Gasteiger partial charge on any atom is 0.417 e. The van der Waals surface area contributed by atoms with Gasteiger partial charge in [-0.15, -0.1) is 11.3 Å². The molecule has 0 bridgehead atoms. The third-order valence-electron chi connectivity index (χ3n) is 9.62. The first-order valence-electron chi connectivity index (χ1n) is 18.7. The Hall–Kier alpha value is -7.42. The third-order valence-corrected chi connectivity index (χ3v) is 10.7. The molecule has 16 nitrogen and oxygen atoms in total. The molecular formula is C41H33F4N7O9S. The minimum absolute atomic E-state index is 0.00145. The van der Waals surface area contributed by atoms with Crippen LogP contribution in [0.1, 0.15) is 55.2 Å². The molecule has 1 atom stereocenters. The average molecular weight is 876 g/mol. The molecule has 62 heavy (non-hydrogen) atoms. The van der Waals surface area contributed by atoms with Crippen LogP contribution in [0.15, 0.2) is 72.8 Å². The summed E-state index contributed by atoms with van der Waals surface area (Å²) in [5.74, 6) is -4.95. The van der Waals surface area contributed by atoms with Crippen molar-refractivity contribution in [3.63, 3.8) is 0 Å². The molecule has 0 saturated carbocycles. The third kappa shape index (κ3) is 9.16. The number of carbonyl (C=O) groups is 7.